The van der Waals surface area contributed by atoms with E-state index in [2.05, 4.69) is 12.2 Å². The number of hydrogen-bond donors (Lipinski definition) is 0. The Kier molecular flexibility index (Phi) is 2.30. The Hall–Kier alpha value is -0.260. The van der Waals surface area contributed by atoms with E-state index in [9.17, 15) is 0 Å². The van der Waals surface area contributed by atoms with Crippen molar-refractivity contribution in [2.45, 2.75) is 44.9 Å². The Morgan fingerprint density at radius 1 is 0.818 bits per heavy atom. The number of rotatable bonds is 0. The van der Waals surface area contributed by atoms with Crippen LogP contribution in [-0.2, 0) is 0 Å². The number of fused-ring (bicyclic) bond motifs is 1. The summed E-state index contributed by atoms with van der Waals surface area (Å²) in [6.07, 6.45) is 15.0. The summed E-state index contributed by atoms with van der Waals surface area (Å²) < 4.78 is 0. The van der Waals surface area contributed by atoms with E-state index in [-0.39, 0.29) is 0 Å². The van der Waals surface area contributed by atoms with Crippen LogP contribution in [0.1, 0.15) is 44.9 Å². The maximum Gasteiger partial charge on any atom is -0.0320 e. The van der Waals surface area contributed by atoms with Gasteiger partial charge in [0.2, 0.25) is 0 Å². The molecule has 0 nitrogen and oxygen atoms in total. The summed E-state index contributed by atoms with van der Waals surface area (Å²) in [6.45, 7) is 0. The van der Waals surface area contributed by atoms with Crippen molar-refractivity contribution in [1.82, 2.24) is 0 Å². The first-order valence-electron chi connectivity index (χ1n) is 5.12. The van der Waals surface area contributed by atoms with E-state index < -0.39 is 0 Å². The summed E-state index contributed by atoms with van der Waals surface area (Å²) in [7, 11) is 0. The zero-order valence-electron chi connectivity index (χ0n) is 7.26. The molecule has 0 heteroatoms. The summed E-state index contributed by atoms with van der Waals surface area (Å²) in [5.74, 6) is 2.16. The Morgan fingerprint density at radius 3 is 2.64 bits per heavy atom. The lowest BCUT2D eigenvalue weighted by atomic mass is 9.87. The molecule has 0 N–H and O–H groups in total. The fourth-order valence-electron chi connectivity index (χ4n) is 2.69. The predicted octanol–water partition coefficient (Wildman–Crippen LogP) is 3.53. The second kappa shape index (κ2) is 3.42. The number of allylic oxidation sites excluding steroid dienone is 2. The molecule has 11 heavy (non-hydrogen) atoms. The summed E-state index contributed by atoms with van der Waals surface area (Å²) in [6, 6.07) is 0. The van der Waals surface area contributed by atoms with Gasteiger partial charge in [0.15, 0.2) is 0 Å². The van der Waals surface area contributed by atoms with E-state index in [1.165, 1.54) is 44.9 Å². The highest BCUT2D eigenvalue weighted by Crippen LogP contribution is 2.38. The second-order valence-corrected chi connectivity index (χ2v) is 4.09. The van der Waals surface area contributed by atoms with Crippen LogP contribution in [0.15, 0.2) is 12.2 Å². The van der Waals surface area contributed by atoms with Gasteiger partial charge in [-0.1, -0.05) is 25.0 Å². The van der Waals surface area contributed by atoms with E-state index in [1.807, 2.05) is 0 Å². The van der Waals surface area contributed by atoms with Crippen LogP contribution >= 0.6 is 0 Å². The maximum absolute atomic E-state index is 2.42. The molecule has 1 fully saturated rings. The SMILES string of the molecule is C1=CCC2CCCC2CCC1. The lowest BCUT2D eigenvalue weighted by molar-refractivity contribution is 0.354. The smallest absolute Gasteiger partial charge is 0.0320 e. The van der Waals surface area contributed by atoms with Crippen molar-refractivity contribution in [3.63, 3.8) is 0 Å². The molecule has 0 radical (unpaired) electrons. The first-order valence-corrected chi connectivity index (χ1v) is 5.12. The monoisotopic (exact) mass is 150 g/mol. The van der Waals surface area contributed by atoms with Gasteiger partial charge in [0.1, 0.15) is 0 Å². The maximum atomic E-state index is 2.42. The van der Waals surface area contributed by atoms with Gasteiger partial charge in [0.25, 0.3) is 0 Å². The van der Waals surface area contributed by atoms with Crippen LogP contribution in [-0.4, -0.2) is 0 Å². The minimum Gasteiger partial charge on any atom is -0.0885 e. The molecule has 0 aromatic heterocycles. The largest absolute Gasteiger partial charge is 0.0885 e. The summed E-state index contributed by atoms with van der Waals surface area (Å²) >= 11 is 0. The highest BCUT2D eigenvalue weighted by molar-refractivity contribution is 4.91. The van der Waals surface area contributed by atoms with Crippen molar-refractivity contribution in [3.05, 3.63) is 12.2 Å². The number of hydrogen-bond acceptors (Lipinski definition) is 0. The topological polar surface area (TPSA) is 0 Å². The molecule has 0 aromatic carbocycles. The third kappa shape index (κ3) is 1.66. The van der Waals surface area contributed by atoms with Crippen molar-refractivity contribution in [3.8, 4) is 0 Å². The van der Waals surface area contributed by atoms with Crippen LogP contribution in [0.3, 0.4) is 0 Å². The van der Waals surface area contributed by atoms with Crippen molar-refractivity contribution >= 4 is 0 Å². The van der Waals surface area contributed by atoms with Crippen molar-refractivity contribution in [2.24, 2.45) is 11.8 Å². The Bertz CT molecular complexity index is 146. The molecule has 62 valence electrons. The Balaban J connectivity index is 1.98. The average molecular weight is 150 g/mol. The first kappa shape index (κ1) is 7.39. The summed E-state index contributed by atoms with van der Waals surface area (Å²) in [4.78, 5) is 0. The van der Waals surface area contributed by atoms with Gasteiger partial charge in [-0.25, -0.2) is 0 Å². The molecular formula is C11H18. The van der Waals surface area contributed by atoms with Gasteiger partial charge in [0.05, 0.1) is 0 Å². The fourth-order valence-corrected chi connectivity index (χ4v) is 2.69. The normalized spacial score (nSPS) is 37.8. The van der Waals surface area contributed by atoms with Crippen molar-refractivity contribution in [1.29, 1.82) is 0 Å². The van der Waals surface area contributed by atoms with E-state index in [0.29, 0.717) is 0 Å². The van der Waals surface area contributed by atoms with E-state index in [1.54, 1.807) is 0 Å². The minimum atomic E-state index is 1.06. The molecule has 0 bridgehead atoms. The Labute approximate surface area is 69.7 Å². The van der Waals surface area contributed by atoms with Gasteiger partial charge in [-0.2, -0.15) is 0 Å². The molecule has 2 atom stereocenters. The van der Waals surface area contributed by atoms with Crippen LogP contribution in [0.4, 0.5) is 0 Å². The quantitative estimate of drug-likeness (QED) is 0.463. The van der Waals surface area contributed by atoms with Gasteiger partial charge < -0.3 is 0 Å². The van der Waals surface area contributed by atoms with E-state index >= 15 is 0 Å². The molecule has 2 aliphatic carbocycles. The first-order chi connectivity index (χ1) is 5.47. The predicted molar refractivity (Wildman–Crippen MR) is 48.4 cm³/mol. The third-order valence-electron chi connectivity index (χ3n) is 3.37. The molecular weight excluding hydrogens is 132 g/mol. The van der Waals surface area contributed by atoms with Gasteiger partial charge >= 0.3 is 0 Å². The van der Waals surface area contributed by atoms with E-state index in [0.717, 1.165) is 11.8 Å². The Morgan fingerprint density at radius 2 is 1.64 bits per heavy atom. The molecule has 1 saturated carbocycles. The molecule has 2 unspecified atom stereocenters. The zero-order chi connectivity index (χ0) is 7.52. The molecule has 0 heterocycles. The van der Waals surface area contributed by atoms with Crippen molar-refractivity contribution in [2.75, 3.05) is 0 Å². The molecule has 0 amide bonds. The minimum absolute atomic E-state index is 1.06. The summed E-state index contributed by atoms with van der Waals surface area (Å²) in [5.41, 5.74) is 0. The molecule has 2 aliphatic rings. The second-order valence-electron chi connectivity index (χ2n) is 4.09. The van der Waals surface area contributed by atoms with Gasteiger partial charge in [-0.05, 0) is 43.9 Å². The highest BCUT2D eigenvalue weighted by Gasteiger charge is 2.25. The lowest BCUT2D eigenvalue weighted by Gasteiger charge is -2.19. The van der Waals surface area contributed by atoms with Crippen LogP contribution in [0.2, 0.25) is 0 Å². The molecule has 0 spiro atoms. The van der Waals surface area contributed by atoms with Crippen LogP contribution in [0.25, 0.3) is 0 Å². The molecule has 2 rings (SSSR count). The zero-order valence-corrected chi connectivity index (χ0v) is 7.26. The third-order valence-corrected chi connectivity index (χ3v) is 3.37. The molecule has 0 saturated heterocycles. The standard InChI is InChI=1S/C11H18/c1-2-4-7-11-9-5-8-10(11)6-3-1/h1,3,10-11H,2,4-9H2. The van der Waals surface area contributed by atoms with Crippen molar-refractivity contribution < 1.29 is 0 Å². The van der Waals surface area contributed by atoms with Gasteiger partial charge in [-0.15, -0.1) is 0 Å². The van der Waals surface area contributed by atoms with Crippen LogP contribution in [0.5, 0.6) is 0 Å². The lowest BCUT2D eigenvalue weighted by Crippen LogP contribution is -2.07. The fraction of sp³-hybridized carbons (Fsp3) is 0.818. The van der Waals surface area contributed by atoms with Gasteiger partial charge in [0, 0.05) is 0 Å². The van der Waals surface area contributed by atoms with E-state index in [4.69, 9.17) is 0 Å². The highest BCUT2D eigenvalue weighted by atomic mass is 14.3. The average Bonchev–Trinajstić information content (AvgIpc) is 2.35. The van der Waals surface area contributed by atoms with Gasteiger partial charge in [-0.3, -0.25) is 0 Å². The molecule has 0 aromatic rings. The summed E-state index contributed by atoms with van der Waals surface area (Å²) in [5, 5.41) is 0. The van der Waals surface area contributed by atoms with Crippen LogP contribution < -0.4 is 0 Å². The van der Waals surface area contributed by atoms with Crippen LogP contribution in [0, 0.1) is 11.8 Å². The molecule has 0 aliphatic heterocycles.